The number of benzene rings is 1. The van der Waals surface area contributed by atoms with E-state index >= 15 is 0 Å². The largest absolute Gasteiger partial charge is 0.358 e. The van der Waals surface area contributed by atoms with Crippen LogP contribution in [0.5, 0.6) is 0 Å². The monoisotopic (exact) mass is 406 g/mol. The molecule has 0 aliphatic rings. The van der Waals surface area contributed by atoms with E-state index in [1.165, 1.54) is 6.07 Å². The number of hydrogen-bond acceptors (Lipinski definition) is 3. The number of halogens is 2. The van der Waals surface area contributed by atoms with Crippen molar-refractivity contribution in [2.75, 3.05) is 5.32 Å². The third-order valence-electron chi connectivity index (χ3n) is 4.20. The molecule has 0 atom stereocenters. The molecule has 27 heavy (non-hydrogen) atoms. The number of anilines is 1. The SMILES string of the molecule is Cc1nn(Cc2c(F)cccc2Cl)c(C)c1NC(=S)NCc1cnn(C)c1. The summed E-state index contributed by atoms with van der Waals surface area (Å²) in [6.45, 7) is 4.59. The zero-order chi connectivity index (χ0) is 19.6. The lowest BCUT2D eigenvalue weighted by Crippen LogP contribution is -2.28. The van der Waals surface area contributed by atoms with Crippen LogP contribution >= 0.6 is 23.8 Å². The smallest absolute Gasteiger partial charge is 0.171 e. The van der Waals surface area contributed by atoms with Crippen molar-refractivity contribution in [2.24, 2.45) is 7.05 Å². The molecule has 3 aromatic rings. The fourth-order valence-electron chi connectivity index (χ4n) is 2.77. The first-order chi connectivity index (χ1) is 12.8. The molecule has 0 saturated heterocycles. The highest BCUT2D eigenvalue weighted by Crippen LogP contribution is 2.24. The van der Waals surface area contributed by atoms with E-state index in [0.717, 1.165) is 22.6 Å². The first-order valence-corrected chi connectivity index (χ1v) is 9.13. The molecule has 2 aromatic heterocycles. The molecule has 6 nitrogen and oxygen atoms in total. The van der Waals surface area contributed by atoms with Gasteiger partial charge in [-0.05, 0) is 38.2 Å². The van der Waals surface area contributed by atoms with E-state index in [-0.39, 0.29) is 12.4 Å². The van der Waals surface area contributed by atoms with Crippen molar-refractivity contribution in [3.63, 3.8) is 0 Å². The molecule has 0 saturated carbocycles. The minimum absolute atomic E-state index is 0.246. The first-order valence-electron chi connectivity index (χ1n) is 8.34. The van der Waals surface area contributed by atoms with Gasteiger partial charge in [0.25, 0.3) is 0 Å². The third kappa shape index (κ3) is 4.45. The van der Waals surface area contributed by atoms with Gasteiger partial charge in [-0.1, -0.05) is 17.7 Å². The summed E-state index contributed by atoms with van der Waals surface area (Å²) in [5.74, 6) is -0.349. The van der Waals surface area contributed by atoms with Crippen LogP contribution < -0.4 is 10.6 Å². The van der Waals surface area contributed by atoms with Gasteiger partial charge in [0.1, 0.15) is 5.82 Å². The molecule has 3 rings (SSSR count). The summed E-state index contributed by atoms with van der Waals surface area (Å²) in [7, 11) is 1.86. The summed E-state index contributed by atoms with van der Waals surface area (Å²) in [5, 5.41) is 15.8. The number of hydrogen-bond donors (Lipinski definition) is 2. The van der Waals surface area contributed by atoms with Crippen LogP contribution in [0.4, 0.5) is 10.1 Å². The Morgan fingerprint density at radius 2 is 2.11 bits per heavy atom. The summed E-state index contributed by atoms with van der Waals surface area (Å²) in [6, 6.07) is 4.65. The van der Waals surface area contributed by atoms with Crippen LogP contribution in [0.2, 0.25) is 5.02 Å². The van der Waals surface area contributed by atoms with Crippen molar-refractivity contribution in [1.29, 1.82) is 0 Å². The van der Waals surface area contributed by atoms with Crippen LogP contribution in [-0.4, -0.2) is 24.7 Å². The van der Waals surface area contributed by atoms with Crippen LogP contribution in [0, 0.1) is 19.7 Å². The Morgan fingerprint density at radius 3 is 2.78 bits per heavy atom. The minimum Gasteiger partial charge on any atom is -0.358 e. The zero-order valence-electron chi connectivity index (χ0n) is 15.3. The minimum atomic E-state index is -0.349. The lowest BCUT2D eigenvalue weighted by atomic mass is 10.2. The van der Waals surface area contributed by atoms with E-state index in [2.05, 4.69) is 20.8 Å². The van der Waals surface area contributed by atoms with Crippen LogP contribution in [0.25, 0.3) is 0 Å². The highest BCUT2D eigenvalue weighted by Gasteiger charge is 2.15. The van der Waals surface area contributed by atoms with E-state index in [0.29, 0.717) is 22.2 Å². The molecule has 2 N–H and O–H groups in total. The van der Waals surface area contributed by atoms with Crippen molar-refractivity contribution in [3.8, 4) is 0 Å². The number of rotatable bonds is 5. The number of aromatic nitrogens is 4. The Hall–Kier alpha value is -2.45. The summed E-state index contributed by atoms with van der Waals surface area (Å²) >= 11 is 11.5. The van der Waals surface area contributed by atoms with Gasteiger partial charge in [-0.15, -0.1) is 0 Å². The summed E-state index contributed by atoms with van der Waals surface area (Å²) in [4.78, 5) is 0. The van der Waals surface area contributed by atoms with Crippen LogP contribution in [-0.2, 0) is 20.1 Å². The zero-order valence-corrected chi connectivity index (χ0v) is 16.8. The molecule has 0 bridgehead atoms. The second kappa shape index (κ2) is 8.06. The maximum absolute atomic E-state index is 14.1. The van der Waals surface area contributed by atoms with Crippen molar-refractivity contribution >= 4 is 34.6 Å². The number of nitrogens with zero attached hydrogens (tertiary/aromatic N) is 4. The maximum Gasteiger partial charge on any atom is 0.171 e. The van der Waals surface area contributed by atoms with Gasteiger partial charge >= 0.3 is 0 Å². The van der Waals surface area contributed by atoms with Crippen LogP contribution in [0.15, 0.2) is 30.6 Å². The van der Waals surface area contributed by atoms with Gasteiger partial charge in [0, 0.05) is 35.9 Å². The van der Waals surface area contributed by atoms with E-state index in [9.17, 15) is 4.39 Å². The van der Waals surface area contributed by atoms with E-state index < -0.39 is 0 Å². The van der Waals surface area contributed by atoms with Gasteiger partial charge in [-0.2, -0.15) is 10.2 Å². The van der Waals surface area contributed by atoms with Crippen LogP contribution in [0.3, 0.4) is 0 Å². The number of nitrogens with one attached hydrogen (secondary N) is 2. The highest BCUT2D eigenvalue weighted by atomic mass is 35.5. The second-order valence-corrected chi connectivity index (χ2v) is 7.05. The van der Waals surface area contributed by atoms with E-state index in [4.69, 9.17) is 23.8 Å². The van der Waals surface area contributed by atoms with E-state index in [1.807, 2.05) is 27.1 Å². The molecule has 0 fully saturated rings. The fourth-order valence-corrected chi connectivity index (χ4v) is 3.17. The quantitative estimate of drug-likeness (QED) is 0.634. The molecule has 9 heteroatoms. The first kappa shape index (κ1) is 19.3. The molecule has 0 aliphatic carbocycles. The predicted molar refractivity (Wildman–Crippen MR) is 108 cm³/mol. The molecule has 0 spiro atoms. The fraction of sp³-hybridized carbons (Fsp3) is 0.278. The average Bonchev–Trinajstić information content (AvgIpc) is 3.14. The molecule has 142 valence electrons. The Kier molecular flexibility index (Phi) is 5.76. The topological polar surface area (TPSA) is 59.7 Å². The van der Waals surface area contributed by atoms with Crippen LogP contribution in [0.1, 0.15) is 22.5 Å². The Bertz CT molecular complexity index is 960. The number of aryl methyl sites for hydroxylation is 2. The summed E-state index contributed by atoms with van der Waals surface area (Å²) in [6.07, 6.45) is 3.70. The lowest BCUT2D eigenvalue weighted by Gasteiger charge is -2.11. The van der Waals surface area contributed by atoms with Crippen molar-refractivity contribution < 1.29 is 4.39 Å². The highest BCUT2D eigenvalue weighted by molar-refractivity contribution is 7.80. The predicted octanol–water partition coefficient (Wildman–Crippen LogP) is 3.56. The van der Waals surface area contributed by atoms with E-state index in [1.54, 1.807) is 27.7 Å². The number of thiocarbonyl (C=S) groups is 1. The standard InChI is InChI=1S/C18H20ClFN6S/c1-11-17(23-18(27)21-7-13-8-22-25(3)9-13)12(2)26(24-11)10-14-15(19)5-4-6-16(14)20/h4-6,8-9H,7,10H2,1-3H3,(H2,21,23,27). The molecular weight excluding hydrogens is 387 g/mol. The molecule has 0 amide bonds. The van der Waals surface area contributed by atoms with Gasteiger partial charge in [-0.25, -0.2) is 4.39 Å². The maximum atomic E-state index is 14.1. The Labute approximate surface area is 167 Å². The molecule has 0 radical (unpaired) electrons. The summed E-state index contributed by atoms with van der Waals surface area (Å²) in [5.41, 5.74) is 3.85. The lowest BCUT2D eigenvalue weighted by molar-refractivity contribution is 0.579. The Balaban J connectivity index is 1.70. The Morgan fingerprint density at radius 1 is 1.33 bits per heavy atom. The van der Waals surface area contributed by atoms with Gasteiger partial charge in [-0.3, -0.25) is 9.36 Å². The molecule has 0 unspecified atom stereocenters. The van der Waals surface area contributed by atoms with Crippen molar-refractivity contribution in [2.45, 2.75) is 26.9 Å². The van der Waals surface area contributed by atoms with Gasteiger partial charge in [0.2, 0.25) is 0 Å². The molecule has 0 aliphatic heterocycles. The third-order valence-corrected chi connectivity index (χ3v) is 4.80. The van der Waals surface area contributed by atoms with Gasteiger partial charge in [0.05, 0.1) is 29.8 Å². The van der Waals surface area contributed by atoms with Gasteiger partial charge in [0.15, 0.2) is 5.11 Å². The summed E-state index contributed by atoms with van der Waals surface area (Å²) < 4.78 is 17.5. The molecule has 1 aromatic carbocycles. The molecule has 2 heterocycles. The van der Waals surface area contributed by atoms with Crippen molar-refractivity contribution in [1.82, 2.24) is 24.9 Å². The molecular formula is C18H20ClFN6S. The van der Waals surface area contributed by atoms with Gasteiger partial charge < -0.3 is 10.6 Å². The normalized spacial score (nSPS) is 10.9. The average molecular weight is 407 g/mol. The second-order valence-electron chi connectivity index (χ2n) is 6.23. The van der Waals surface area contributed by atoms with Crippen molar-refractivity contribution in [3.05, 3.63) is 63.9 Å².